The van der Waals surface area contributed by atoms with Crippen LogP contribution in [0, 0.1) is 14.4 Å². The molecule has 3 nitrogen and oxygen atoms in total. The molecule has 1 aromatic carbocycles. The quantitative estimate of drug-likeness (QED) is 0.576. The van der Waals surface area contributed by atoms with E-state index in [1.54, 1.807) is 0 Å². The van der Waals surface area contributed by atoms with E-state index in [4.69, 9.17) is 10.2 Å². The van der Waals surface area contributed by atoms with Crippen molar-refractivity contribution in [2.45, 2.75) is 6.42 Å². The monoisotopic (exact) mass is 261 g/mol. The Bertz CT molecular complexity index is 184. The normalized spacial score (nSPS) is 6.56. The minimum Gasteiger partial charge on any atom is -0.400 e. The summed E-state index contributed by atoms with van der Waals surface area (Å²) in [4.78, 5) is 0. The van der Waals surface area contributed by atoms with E-state index in [1.807, 2.05) is 18.2 Å². The van der Waals surface area contributed by atoms with Gasteiger partial charge in [0.2, 0.25) is 0 Å². The van der Waals surface area contributed by atoms with Gasteiger partial charge in [-0.15, -0.1) is 0 Å². The molecule has 0 aliphatic carbocycles. The molecule has 0 atom stereocenters. The van der Waals surface area contributed by atoms with Gasteiger partial charge in [0.25, 0.3) is 0 Å². The molecule has 1 aromatic rings. The first-order valence-corrected chi connectivity index (χ1v) is 4.41. The fourth-order valence-electron chi connectivity index (χ4n) is 0.789. The average molecular weight is 261 g/mol. The van der Waals surface area contributed by atoms with Crippen molar-refractivity contribution in [2.75, 3.05) is 26.1 Å². The summed E-state index contributed by atoms with van der Waals surface area (Å²) in [6.45, 7) is 4.69. The SMILES string of the molecule is CO.CO.[CH2-]CCNc1ccccc1.[CH3-].[Ti+2]. The van der Waals surface area contributed by atoms with E-state index >= 15 is 0 Å². The Balaban J connectivity index is -0.000000109. The van der Waals surface area contributed by atoms with Crippen LogP contribution in [0.2, 0.25) is 0 Å². The van der Waals surface area contributed by atoms with Crippen molar-refractivity contribution >= 4 is 5.69 Å². The number of para-hydroxylation sites is 1. The van der Waals surface area contributed by atoms with Crippen LogP contribution in [0.1, 0.15) is 6.42 Å². The third kappa shape index (κ3) is 16.1. The number of nitrogens with one attached hydrogen (secondary N) is 1. The molecule has 0 saturated heterocycles. The van der Waals surface area contributed by atoms with Gasteiger partial charge >= 0.3 is 21.7 Å². The Labute approximate surface area is 115 Å². The molecular weight excluding hydrogens is 238 g/mol. The first kappa shape index (κ1) is 24.8. The van der Waals surface area contributed by atoms with Gasteiger partial charge in [-0.1, -0.05) is 18.2 Å². The Morgan fingerprint density at radius 2 is 1.50 bits per heavy atom. The summed E-state index contributed by atoms with van der Waals surface area (Å²) in [6.07, 6.45) is 0.925. The summed E-state index contributed by atoms with van der Waals surface area (Å²) in [7, 11) is 2.00. The van der Waals surface area contributed by atoms with E-state index in [1.165, 1.54) is 5.69 Å². The molecule has 0 bridgehead atoms. The van der Waals surface area contributed by atoms with E-state index in [2.05, 4.69) is 24.4 Å². The van der Waals surface area contributed by atoms with Crippen LogP contribution in [0.15, 0.2) is 30.3 Å². The molecule has 0 amide bonds. The summed E-state index contributed by atoms with van der Waals surface area (Å²) in [5.74, 6) is 0. The van der Waals surface area contributed by atoms with Gasteiger partial charge < -0.3 is 29.9 Å². The molecule has 3 N–H and O–H groups in total. The van der Waals surface area contributed by atoms with Crippen molar-refractivity contribution in [3.63, 3.8) is 0 Å². The molecule has 0 saturated carbocycles. The topological polar surface area (TPSA) is 52.5 Å². The van der Waals surface area contributed by atoms with E-state index in [0.717, 1.165) is 27.2 Å². The second-order valence-corrected chi connectivity index (χ2v) is 2.15. The molecule has 0 radical (unpaired) electrons. The summed E-state index contributed by atoms with van der Waals surface area (Å²) in [5.41, 5.74) is 1.17. The van der Waals surface area contributed by atoms with Gasteiger partial charge in [0.1, 0.15) is 0 Å². The zero-order chi connectivity index (χ0) is 11.2. The van der Waals surface area contributed by atoms with Crippen molar-refractivity contribution in [3.8, 4) is 0 Å². The zero-order valence-electron chi connectivity index (χ0n) is 10.4. The van der Waals surface area contributed by atoms with Crippen LogP contribution in [0.4, 0.5) is 5.69 Å². The van der Waals surface area contributed by atoms with Crippen LogP contribution in [-0.4, -0.2) is 31.0 Å². The molecule has 0 aliphatic heterocycles. The smallest absolute Gasteiger partial charge is 0.400 e. The summed E-state index contributed by atoms with van der Waals surface area (Å²) in [5, 5.41) is 17.2. The van der Waals surface area contributed by atoms with Crippen molar-refractivity contribution in [1.29, 1.82) is 0 Å². The van der Waals surface area contributed by atoms with Gasteiger partial charge in [-0.05, 0) is 18.7 Å². The zero-order valence-corrected chi connectivity index (χ0v) is 12.0. The fourth-order valence-corrected chi connectivity index (χ4v) is 0.789. The predicted molar refractivity (Wildman–Crippen MR) is 67.6 cm³/mol. The molecule has 0 aromatic heterocycles. The van der Waals surface area contributed by atoms with Crippen molar-refractivity contribution in [2.24, 2.45) is 0 Å². The molecule has 0 unspecified atom stereocenters. The van der Waals surface area contributed by atoms with Crippen LogP contribution < -0.4 is 5.32 Å². The van der Waals surface area contributed by atoms with Crippen LogP contribution in [-0.2, 0) is 21.7 Å². The molecule has 1 rings (SSSR count). The Morgan fingerprint density at radius 1 is 1.06 bits per heavy atom. The maximum atomic E-state index is 7.00. The van der Waals surface area contributed by atoms with E-state index in [-0.39, 0.29) is 29.1 Å². The van der Waals surface area contributed by atoms with Gasteiger partial charge in [0.15, 0.2) is 0 Å². The van der Waals surface area contributed by atoms with E-state index in [0.29, 0.717) is 0 Å². The van der Waals surface area contributed by atoms with Gasteiger partial charge in [0, 0.05) is 19.9 Å². The van der Waals surface area contributed by atoms with E-state index in [9.17, 15) is 0 Å². The Kier molecular flexibility index (Phi) is 37.2. The van der Waals surface area contributed by atoms with Crippen LogP contribution in [0.3, 0.4) is 0 Å². The average Bonchev–Trinajstić information content (AvgIpc) is 2.33. The van der Waals surface area contributed by atoms with Crippen molar-refractivity contribution in [1.82, 2.24) is 0 Å². The number of benzene rings is 1. The molecule has 4 heteroatoms. The van der Waals surface area contributed by atoms with Gasteiger partial charge in [-0.3, -0.25) is 0 Å². The molecule has 16 heavy (non-hydrogen) atoms. The van der Waals surface area contributed by atoms with Crippen molar-refractivity contribution < 1.29 is 31.9 Å². The number of rotatable bonds is 3. The number of hydrogen-bond acceptors (Lipinski definition) is 3. The summed E-state index contributed by atoms with van der Waals surface area (Å²) >= 11 is 0. The van der Waals surface area contributed by atoms with Gasteiger partial charge in [-0.25, -0.2) is 0 Å². The second kappa shape index (κ2) is 24.1. The molecule has 92 valence electrons. The maximum absolute atomic E-state index is 7.00. The van der Waals surface area contributed by atoms with Crippen LogP contribution in [0.5, 0.6) is 0 Å². The number of aliphatic hydroxyl groups excluding tert-OH is 2. The minimum absolute atomic E-state index is 0. The Hall–Kier alpha value is -0.346. The number of aliphatic hydroxyl groups is 2. The molecule has 0 heterocycles. The molecule has 0 fully saturated rings. The van der Waals surface area contributed by atoms with Crippen LogP contribution in [0.25, 0.3) is 0 Å². The van der Waals surface area contributed by atoms with Crippen molar-refractivity contribution in [3.05, 3.63) is 44.7 Å². The van der Waals surface area contributed by atoms with Gasteiger partial charge in [-0.2, -0.15) is 6.42 Å². The molecule has 0 aliphatic rings. The first-order valence-electron chi connectivity index (χ1n) is 4.41. The predicted octanol–water partition coefficient (Wildman–Crippen LogP) is 1.99. The maximum Gasteiger partial charge on any atom is 2.00 e. The first-order chi connectivity index (χ1) is 6.93. The van der Waals surface area contributed by atoms with E-state index < -0.39 is 0 Å². The largest absolute Gasteiger partial charge is 2.00 e. The third-order valence-electron chi connectivity index (χ3n) is 1.28. The number of hydrogen-bond donors (Lipinski definition) is 3. The summed E-state index contributed by atoms with van der Waals surface area (Å²) in [6, 6.07) is 10.2. The third-order valence-corrected chi connectivity index (χ3v) is 1.28. The number of anilines is 1. The minimum atomic E-state index is 0. The molecule has 0 spiro atoms. The second-order valence-electron chi connectivity index (χ2n) is 2.15. The standard InChI is InChI=1S/C9H12N.2CH4O.CH3.Ti/c1-2-8-10-9-6-4-3-5-7-9;2*1-2;;/h3-7,10H,1-2,8H2;2*2H,1H3;1H3;/q-1;;;-1;+2. The van der Waals surface area contributed by atoms with Crippen LogP contribution >= 0.6 is 0 Å². The molecular formula is C12H23NO2Ti. The fraction of sp³-hybridized carbons (Fsp3) is 0.333. The summed E-state index contributed by atoms with van der Waals surface area (Å²) < 4.78 is 0. The Morgan fingerprint density at radius 3 is 1.88 bits per heavy atom. The van der Waals surface area contributed by atoms with Gasteiger partial charge in [0.05, 0.1) is 0 Å².